The van der Waals surface area contributed by atoms with E-state index >= 15 is 0 Å². The maximum absolute atomic E-state index is 11.4. The summed E-state index contributed by atoms with van der Waals surface area (Å²) in [6.07, 6.45) is 6.30. The molecule has 0 aliphatic rings. The van der Waals surface area contributed by atoms with Crippen LogP contribution < -0.4 is 5.32 Å². The predicted molar refractivity (Wildman–Crippen MR) is 81.7 cm³/mol. The summed E-state index contributed by atoms with van der Waals surface area (Å²) in [5.74, 6) is -0.0561. The lowest BCUT2D eigenvalue weighted by Gasteiger charge is -2.01. The topological polar surface area (TPSA) is 94.5 Å². The highest BCUT2D eigenvalue weighted by atomic mass is 35.5. The van der Waals surface area contributed by atoms with Gasteiger partial charge in [-0.15, -0.1) is 0 Å². The van der Waals surface area contributed by atoms with Gasteiger partial charge in [0.2, 0.25) is 0 Å². The lowest BCUT2D eigenvalue weighted by molar-refractivity contribution is 0.0953. The van der Waals surface area contributed by atoms with Crippen LogP contribution in [0.2, 0.25) is 5.02 Å². The smallest absolute Gasteiger partial charge is 0.286 e. The van der Waals surface area contributed by atoms with E-state index < -0.39 is 0 Å². The van der Waals surface area contributed by atoms with Crippen LogP contribution in [0, 0.1) is 5.41 Å². The van der Waals surface area contributed by atoms with Gasteiger partial charge in [0.25, 0.3) is 5.91 Å². The number of hydrogen-bond acceptors (Lipinski definition) is 4. The van der Waals surface area contributed by atoms with E-state index in [1.807, 2.05) is 6.92 Å². The Morgan fingerprint density at radius 3 is 2.86 bits per heavy atom. The molecule has 2 aromatic rings. The van der Waals surface area contributed by atoms with Gasteiger partial charge >= 0.3 is 0 Å². The number of H-pyrrole nitrogens is 1. The van der Waals surface area contributed by atoms with Gasteiger partial charge in [0, 0.05) is 25.0 Å². The molecule has 3 N–H and O–H groups in total. The van der Waals surface area contributed by atoms with Crippen molar-refractivity contribution in [3.05, 3.63) is 52.8 Å². The van der Waals surface area contributed by atoms with E-state index in [0.29, 0.717) is 16.3 Å². The van der Waals surface area contributed by atoms with Crippen LogP contribution in [0.1, 0.15) is 28.8 Å². The van der Waals surface area contributed by atoms with Crippen molar-refractivity contribution in [2.24, 2.45) is 0 Å². The summed E-state index contributed by atoms with van der Waals surface area (Å²) in [6, 6.07) is 1.67. The first-order valence-electron chi connectivity index (χ1n) is 6.16. The minimum atomic E-state index is -0.289. The molecular weight excluding hydrogens is 290 g/mol. The van der Waals surface area contributed by atoms with Crippen molar-refractivity contribution < 1.29 is 4.79 Å². The molecule has 0 aliphatic carbocycles. The van der Waals surface area contributed by atoms with E-state index in [9.17, 15) is 4.79 Å². The van der Waals surface area contributed by atoms with E-state index in [-0.39, 0.29) is 17.4 Å². The summed E-state index contributed by atoms with van der Waals surface area (Å²) < 4.78 is 0. The Kier molecular flexibility index (Phi) is 4.49. The van der Waals surface area contributed by atoms with Crippen molar-refractivity contribution in [1.29, 1.82) is 5.41 Å². The van der Waals surface area contributed by atoms with Gasteiger partial charge in [-0.3, -0.25) is 9.78 Å². The number of hydrogen-bond donors (Lipinski definition) is 3. The molecule has 0 saturated heterocycles. The third-order valence-corrected chi connectivity index (χ3v) is 3.03. The van der Waals surface area contributed by atoms with Crippen molar-refractivity contribution in [1.82, 2.24) is 20.3 Å². The lowest BCUT2D eigenvalue weighted by Crippen LogP contribution is -2.19. The number of allylic oxidation sites excluding steroid dienone is 2. The Labute approximate surface area is 126 Å². The fraction of sp³-hybridized carbons (Fsp3) is 0.143. The molecule has 2 heterocycles. The summed E-state index contributed by atoms with van der Waals surface area (Å²) in [5.41, 5.74) is 2.35. The lowest BCUT2D eigenvalue weighted by atomic mass is 10.1. The molecule has 6 nitrogen and oxygen atoms in total. The van der Waals surface area contributed by atoms with Crippen molar-refractivity contribution in [3.63, 3.8) is 0 Å². The third kappa shape index (κ3) is 3.55. The molecule has 0 atom stereocenters. The fourth-order valence-electron chi connectivity index (χ4n) is 1.69. The molecule has 0 radical (unpaired) electrons. The van der Waals surface area contributed by atoms with E-state index in [1.165, 1.54) is 13.2 Å². The fourth-order valence-corrected chi connectivity index (χ4v) is 1.87. The highest BCUT2D eigenvalue weighted by Crippen LogP contribution is 2.14. The summed E-state index contributed by atoms with van der Waals surface area (Å²) >= 11 is 5.86. The Balaban J connectivity index is 2.22. The standard InChI is InChI=1S/C14H14ClN5O/c1-8(12-7-19-13(20-12)14(21)17-2)3-11(16)9-4-10(15)6-18-5-9/h3-7,16H,1-2H3,(H,17,21)(H,19,20)/b8-3-,16-11?. The number of halogens is 1. The number of nitrogens with one attached hydrogen (secondary N) is 3. The number of carbonyl (C=O) groups is 1. The van der Waals surface area contributed by atoms with Gasteiger partial charge in [0.15, 0.2) is 5.82 Å². The average molecular weight is 304 g/mol. The number of aromatic nitrogens is 3. The Bertz CT molecular complexity index is 720. The van der Waals surface area contributed by atoms with Crippen LogP contribution in [0.3, 0.4) is 0 Å². The number of rotatable bonds is 4. The van der Waals surface area contributed by atoms with E-state index in [0.717, 1.165) is 5.57 Å². The molecule has 2 rings (SSSR count). The van der Waals surface area contributed by atoms with Crippen molar-refractivity contribution in [3.8, 4) is 0 Å². The molecule has 0 aromatic carbocycles. The van der Waals surface area contributed by atoms with Gasteiger partial charge in [-0.2, -0.15) is 0 Å². The van der Waals surface area contributed by atoms with Gasteiger partial charge in [0.05, 0.1) is 22.6 Å². The van der Waals surface area contributed by atoms with Crippen molar-refractivity contribution in [2.45, 2.75) is 6.92 Å². The average Bonchev–Trinajstić information content (AvgIpc) is 2.96. The molecule has 1 amide bonds. The normalized spacial score (nSPS) is 11.3. The minimum absolute atomic E-state index is 0.233. The van der Waals surface area contributed by atoms with Crippen LogP contribution in [-0.2, 0) is 0 Å². The maximum atomic E-state index is 11.4. The molecule has 2 aromatic heterocycles. The molecule has 0 saturated carbocycles. The number of amides is 1. The maximum Gasteiger partial charge on any atom is 0.286 e. The Morgan fingerprint density at radius 1 is 1.43 bits per heavy atom. The number of carbonyl (C=O) groups excluding carboxylic acids is 1. The number of aromatic amines is 1. The highest BCUT2D eigenvalue weighted by Gasteiger charge is 2.09. The summed E-state index contributed by atoms with van der Waals surface area (Å²) in [7, 11) is 1.54. The van der Waals surface area contributed by atoms with Crippen LogP contribution in [0.4, 0.5) is 0 Å². The zero-order valence-corrected chi connectivity index (χ0v) is 12.3. The molecule has 108 valence electrons. The largest absolute Gasteiger partial charge is 0.352 e. The van der Waals surface area contributed by atoms with E-state index in [4.69, 9.17) is 17.0 Å². The van der Waals surface area contributed by atoms with E-state index in [2.05, 4.69) is 20.3 Å². The molecule has 7 heteroatoms. The SMILES string of the molecule is CNC(=O)c1ncc(/C(C)=C\C(=N)c2cncc(Cl)c2)[nH]1. The second-order valence-corrected chi connectivity index (χ2v) is 4.79. The van der Waals surface area contributed by atoms with Gasteiger partial charge < -0.3 is 15.7 Å². The van der Waals surface area contributed by atoms with E-state index in [1.54, 1.807) is 24.5 Å². The van der Waals surface area contributed by atoms with Crippen molar-refractivity contribution in [2.75, 3.05) is 7.05 Å². The summed E-state index contributed by atoms with van der Waals surface area (Å²) in [6.45, 7) is 1.83. The zero-order chi connectivity index (χ0) is 15.4. The molecule has 0 unspecified atom stereocenters. The first kappa shape index (κ1) is 14.9. The molecule has 0 fully saturated rings. The Morgan fingerprint density at radius 2 is 2.19 bits per heavy atom. The molecular formula is C14H14ClN5O. The minimum Gasteiger partial charge on any atom is -0.352 e. The van der Waals surface area contributed by atoms with Crippen LogP contribution in [0.15, 0.2) is 30.7 Å². The first-order valence-corrected chi connectivity index (χ1v) is 6.54. The highest BCUT2D eigenvalue weighted by molar-refractivity contribution is 6.31. The second-order valence-electron chi connectivity index (χ2n) is 4.36. The van der Waals surface area contributed by atoms with Crippen molar-refractivity contribution >= 4 is 28.8 Å². The van der Waals surface area contributed by atoms with Crippen LogP contribution in [-0.4, -0.2) is 33.6 Å². The van der Waals surface area contributed by atoms with Crippen LogP contribution >= 0.6 is 11.6 Å². The summed E-state index contributed by atoms with van der Waals surface area (Å²) in [4.78, 5) is 22.3. The number of imidazole rings is 1. The monoisotopic (exact) mass is 303 g/mol. The first-order chi connectivity index (χ1) is 10.0. The van der Waals surface area contributed by atoms with Gasteiger partial charge in [-0.25, -0.2) is 4.98 Å². The van der Waals surface area contributed by atoms with Crippen LogP contribution in [0.5, 0.6) is 0 Å². The summed E-state index contributed by atoms with van der Waals surface area (Å²) in [5, 5.41) is 11.0. The molecule has 21 heavy (non-hydrogen) atoms. The number of nitrogens with zero attached hydrogens (tertiary/aromatic N) is 2. The van der Waals surface area contributed by atoms with Gasteiger partial charge in [0.1, 0.15) is 0 Å². The number of pyridine rings is 1. The van der Waals surface area contributed by atoms with Gasteiger partial charge in [-0.1, -0.05) is 11.6 Å². The predicted octanol–water partition coefficient (Wildman–Crippen LogP) is 2.29. The molecule has 0 bridgehead atoms. The third-order valence-electron chi connectivity index (χ3n) is 2.82. The van der Waals surface area contributed by atoms with Crippen LogP contribution in [0.25, 0.3) is 5.57 Å². The quantitative estimate of drug-likeness (QED) is 0.756. The van der Waals surface area contributed by atoms with Gasteiger partial charge in [-0.05, 0) is 24.6 Å². The molecule has 0 aliphatic heterocycles. The zero-order valence-electron chi connectivity index (χ0n) is 11.6. The Hall–Kier alpha value is -2.47. The second kappa shape index (κ2) is 6.32. The molecule has 0 spiro atoms.